The van der Waals surface area contributed by atoms with Crippen LogP contribution in [0.25, 0.3) is 0 Å². The fraction of sp³-hybridized carbons (Fsp3) is 0.500. The van der Waals surface area contributed by atoms with Crippen LogP contribution in [-0.2, 0) is 9.53 Å². The summed E-state index contributed by atoms with van der Waals surface area (Å²) in [7, 11) is 0. The van der Waals surface area contributed by atoms with Gasteiger partial charge in [-0.15, -0.1) is 5.10 Å². The van der Waals surface area contributed by atoms with Crippen molar-refractivity contribution in [2.45, 2.75) is 51.3 Å². The van der Waals surface area contributed by atoms with Crippen LogP contribution in [0, 0.1) is 5.82 Å². The standard InChI is InChI=1S/C20H25FN4O3S/c1-20(2,3)22-18(26)17(13-6-8-14(21)9-7-13)25(11-15-5-4-10-28-15)19(27)16-12-29-24-23-16/h6-9,12,15,17H,4-5,10-11H2,1-3H3,(H,22,26)/t15-,17+/m0/s1. The van der Waals surface area contributed by atoms with Gasteiger partial charge >= 0.3 is 0 Å². The number of carbonyl (C=O) groups excluding carboxylic acids is 2. The minimum atomic E-state index is -0.951. The fourth-order valence-corrected chi connectivity index (χ4v) is 3.70. The van der Waals surface area contributed by atoms with Crippen molar-refractivity contribution in [2.75, 3.05) is 13.2 Å². The number of ether oxygens (including phenoxy) is 1. The number of nitrogens with zero attached hydrogens (tertiary/aromatic N) is 3. The van der Waals surface area contributed by atoms with Crippen LogP contribution in [0.1, 0.15) is 55.7 Å². The van der Waals surface area contributed by atoms with E-state index in [1.54, 1.807) is 5.38 Å². The quantitative estimate of drug-likeness (QED) is 0.777. The van der Waals surface area contributed by atoms with Crippen molar-refractivity contribution >= 4 is 23.3 Å². The van der Waals surface area contributed by atoms with Crippen LogP contribution in [0.4, 0.5) is 4.39 Å². The van der Waals surface area contributed by atoms with E-state index in [0.29, 0.717) is 12.2 Å². The molecule has 9 heteroatoms. The summed E-state index contributed by atoms with van der Waals surface area (Å²) in [6.45, 7) is 6.45. The van der Waals surface area contributed by atoms with Crippen molar-refractivity contribution in [3.8, 4) is 0 Å². The molecule has 2 atom stereocenters. The Morgan fingerprint density at radius 2 is 2.07 bits per heavy atom. The Labute approximate surface area is 173 Å². The summed E-state index contributed by atoms with van der Waals surface area (Å²) in [5.74, 6) is -1.17. The average Bonchev–Trinajstić information content (AvgIpc) is 3.34. The molecule has 1 fully saturated rings. The van der Waals surface area contributed by atoms with E-state index in [0.717, 1.165) is 24.4 Å². The maximum Gasteiger partial charge on any atom is 0.276 e. The molecule has 0 unspecified atom stereocenters. The molecule has 1 aliphatic rings. The number of aromatic nitrogens is 2. The largest absolute Gasteiger partial charge is 0.376 e. The first-order valence-corrected chi connectivity index (χ1v) is 10.4. The summed E-state index contributed by atoms with van der Waals surface area (Å²) < 4.78 is 23.0. The Morgan fingerprint density at radius 3 is 2.62 bits per heavy atom. The number of amides is 2. The van der Waals surface area contributed by atoms with Gasteiger partial charge in [-0.1, -0.05) is 16.6 Å². The Kier molecular flexibility index (Phi) is 6.59. The summed E-state index contributed by atoms with van der Waals surface area (Å²) in [4.78, 5) is 28.0. The molecular formula is C20H25FN4O3S. The van der Waals surface area contributed by atoms with Crippen molar-refractivity contribution < 1.29 is 18.7 Å². The number of benzene rings is 1. The van der Waals surface area contributed by atoms with E-state index in [1.165, 1.54) is 29.2 Å². The van der Waals surface area contributed by atoms with Crippen molar-refractivity contribution in [1.82, 2.24) is 19.8 Å². The van der Waals surface area contributed by atoms with Gasteiger partial charge in [0.2, 0.25) is 5.91 Å². The fourth-order valence-electron chi connectivity index (χ4n) is 3.27. The van der Waals surface area contributed by atoms with Crippen molar-refractivity contribution in [3.05, 3.63) is 46.7 Å². The van der Waals surface area contributed by atoms with Gasteiger partial charge in [-0.25, -0.2) is 4.39 Å². The van der Waals surface area contributed by atoms with Crippen LogP contribution in [0.3, 0.4) is 0 Å². The monoisotopic (exact) mass is 420 g/mol. The summed E-state index contributed by atoms with van der Waals surface area (Å²) in [6, 6.07) is 4.67. The van der Waals surface area contributed by atoms with E-state index in [2.05, 4.69) is 14.9 Å². The predicted octanol–water partition coefficient (Wildman–Crippen LogP) is 2.95. The molecule has 7 nitrogen and oxygen atoms in total. The topological polar surface area (TPSA) is 84.4 Å². The Bertz CT molecular complexity index is 830. The smallest absolute Gasteiger partial charge is 0.276 e. The molecule has 1 aromatic heterocycles. The molecule has 0 radical (unpaired) electrons. The third-order valence-electron chi connectivity index (χ3n) is 4.51. The highest BCUT2D eigenvalue weighted by Gasteiger charge is 2.36. The average molecular weight is 421 g/mol. The molecule has 29 heavy (non-hydrogen) atoms. The maximum atomic E-state index is 13.5. The molecule has 2 heterocycles. The van der Waals surface area contributed by atoms with E-state index in [9.17, 15) is 14.0 Å². The molecule has 0 spiro atoms. The lowest BCUT2D eigenvalue weighted by Crippen LogP contribution is -2.51. The zero-order valence-corrected chi connectivity index (χ0v) is 17.5. The number of hydrogen-bond acceptors (Lipinski definition) is 6. The molecule has 2 aromatic rings. The molecule has 0 saturated carbocycles. The van der Waals surface area contributed by atoms with Gasteiger partial charge in [0.15, 0.2) is 5.69 Å². The molecular weight excluding hydrogens is 395 g/mol. The van der Waals surface area contributed by atoms with Gasteiger partial charge in [0, 0.05) is 24.1 Å². The first-order chi connectivity index (χ1) is 13.7. The highest BCUT2D eigenvalue weighted by molar-refractivity contribution is 7.03. The Morgan fingerprint density at radius 1 is 1.34 bits per heavy atom. The minimum absolute atomic E-state index is 0.170. The number of carbonyl (C=O) groups is 2. The molecule has 2 amide bonds. The van der Waals surface area contributed by atoms with Gasteiger partial charge in [0.25, 0.3) is 5.91 Å². The second kappa shape index (κ2) is 8.96. The normalized spacial score (nSPS) is 17.7. The van der Waals surface area contributed by atoms with Gasteiger partial charge in [-0.3, -0.25) is 9.59 Å². The molecule has 0 bridgehead atoms. The molecule has 1 saturated heterocycles. The van der Waals surface area contributed by atoms with E-state index in [4.69, 9.17) is 4.74 Å². The van der Waals surface area contributed by atoms with Gasteiger partial charge in [-0.05, 0) is 62.8 Å². The van der Waals surface area contributed by atoms with Crippen LogP contribution in [0.15, 0.2) is 29.6 Å². The first-order valence-electron chi connectivity index (χ1n) is 9.52. The van der Waals surface area contributed by atoms with Crippen LogP contribution in [0.5, 0.6) is 0 Å². The highest BCUT2D eigenvalue weighted by atomic mass is 32.1. The molecule has 1 aromatic carbocycles. The van der Waals surface area contributed by atoms with Gasteiger partial charge in [0.1, 0.15) is 11.9 Å². The lowest BCUT2D eigenvalue weighted by molar-refractivity contribution is -0.127. The van der Waals surface area contributed by atoms with E-state index >= 15 is 0 Å². The number of nitrogens with one attached hydrogen (secondary N) is 1. The molecule has 156 valence electrons. The second-order valence-electron chi connectivity index (χ2n) is 8.08. The lowest BCUT2D eigenvalue weighted by Gasteiger charge is -2.34. The Balaban J connectivity index is 2.00. The van der Waals surface area contributed by atoms with Gasteiger partial charge in [0.05, 0.1) is 6.10 Å². The summed E-state index contributed by atoms with van der Waals surface area (Å²) >= 11 is 1.07. The van der Waals surface area contributed by atoms with Gasteiger partial charge < -0.3 is 15.0 Å². The third kappa shape index (κ3) is 5.57. The van der Waals surface area contributed by atoms with Crippen LogP contribution in [0.2, 0.25) is 0 Å². The van der Waals surface area contributed by atoms with E-state index in [1.807, 2.05) is 20.8 Å². The minimum Gasteiger partial charge on any atom is -0.376 e. The number of hydrogen-bond donors (Lipinski definition) is 1. The Hall–Kier alpha value is -2.39. The molecule has 0 aliphatic carbocycles. The maximum absolute atomic E-state index is 13.5. The second-order valence-corrected chi connectivity index (χ2v) is 8.69. The zero-order chi connectivity index (χ0) is 21.0. The van der Waals surface area contributed by atoms with Crippen LogP contribution < -0.4 is 5.32 Å². The van der Waals surface area contributed by atoms with E-state index < -0.39 is 23.3 Å². The van der Waals surface area contributed by atoms with Crippen LogP contribution >= 0.6 is 11.5 Å². The first kappa shape index (κ1) is 21.3. The molecule has 3 rings (SSSR count). The number of halogens is 1. The zero-order valence-electron chi connectivity index (χ0n) is 16.7. The number of rotatable bonds is 6. The van der Waals surface area contributed by atoms with E-state index in [-0.39, 0.29) is 24.2 Å². The van der Waals surface area contributed by atoms with Crippen molar-refractivity contribution in [3.63, 3.8) is 0 Å². The predicted molar refractivity (Wildman–Crippen MR) is 107 cm³/mol. The SMILES string of the molecule is CC(C)(C)NC(=O)[C@@H](c1ccc(F)cc1)N(C[C@@H]1CCCO1)C(=O)c1csnn1. The lowest BCUT2D eigenvalue weighted by atomic mass is 10.0. The summed E-state index contributed by atoms with van der Waals surface area (Å²) in [5, 5.41) is 8.37. The third-order valence-corrected chi connectivity index (χ3v) is 5.01. The van der Waals surface area contributed by atoms with Crippen molar-refractivity contribution in [2.24, 2.45) is 0 Å². The molecule has 1 aliphatic heterocycles. The summed E-state index contributed by atoms with van der Waals surface area (Å²) in [5.41, 5.74) is 0.183. The van der Waals surface area contributed by atoms with Crippen molar-refractivity contribution in [1.29, 1.82) is 0 Å². The van der Waals surface area contributed by atoms with Crippen LogP contribution in [-0.4, -0.2) is 51.1 Å². The highest BCUT2D eigenvalue weighted by Crippen LogP contribution is 2.27. The summed E-state index contributed by atoms with van der Waals surface area (Å²) in [6.07, 6.45) is 1.53. The van der Waals surface area contributed by atoms with Gasteiger partial charge in [-0.2, -0.15) is 0 Å². The molecule has 1 N–H and O–H groups in total.